The number of nitrogens with zero attached hydrogens (tertiary/aromatic N) is 1. The molecule has 0 atom stereocenters. The molecule has 0 saturated carbocycles. The lowest BCUT2D eigenvalue weighted by Gasteiger charge is -2.19. The number of amides is 1. The molecule has 0 fully saturated rings. The van der Waals surface area contributed by atoms with Gasteiger partial charge in [0.15, 0.2) is 0 Å². The summed E-state index contributed by atoms with van der Waals surface area (Å²) in [5, 5.41) is 0. The average Bonchev–Trinajstić information content (AvgIpc) is 2.03. The van der Waals surface area contributed by atoms with E-state index in [0.717, 1.165) is 19.4 Å². The van der Waals surface area contributed by atoms with Crippen LogP contribution >= 0.6 is 0 Å². The minimum atomic E-state index is 0.294. The van der Waals surface area contributed by atoms with Gasteiger partial charge in [-0.25, -0.2) is 0 Å². The number of hydrogen-bond acceptors (Lipinski definition) is 1. The summed E-state index contributed by atoms with van der Waals surface area (Å²) in [4.78, 5) is 13.3. The maximum atomic E-state index is 11.5. The summed E-state index contributed by atoms with van der Waals surface area (Å²) < 4.78 is 0. The lowest BCUT2D eigenvalue weighted by Crippen LogP contribution is -2.29. The molecule has 0 unspecified atom stereocenters. The minimum Gasteiger partial charge on any atom is -0.346 e. The molecule has 0 heterocycles. The van der Waals surface area contributed by atoms with Gasteiger partial charge >= 0.3 is 0 Å². The van der Waals surface area contributed by atoms with Gasteiger partial charge in [-0.15, -0.1) is 0 Å². The molecule has 0 aliphatic heterocycles. The highest BCUT2D eigenvalue weighted by atomic mass is 16.2. The minimum absolute atomic E-state index is 0.294. The van der Waals surface area contributed by atoms with Crippen LogP contribution < -0.4 is 0 Å². The third-order valence-electron chi connectivity index (χ3n) is 2.06. The lowest BCUT2D eigenvalue weighted by atomic mass is 10.1. The fourth-order valence-corrected chi connectivity index (χ4v) is 1.37. The number of rotatable bonds is 6. The zero-order chi connectivity index (χ0) is 10.3. The highest BCUT2D eigenvalue weighted by Crippen LogP contribution is 2.03. The van der Waals surface area contributed by atoms with E-state index in [1.165, 1.54) is 12.8 Å². The zero-order valence-corrected chi connectivity index (χ0v) is 9.47. The molecule has 0 radical (unpaired) electrons. The lowest BCUT2D eigenvalue weighted by molar-refractivity contribution is -0.130. The van der Waals surface area contributed by atoms with E-state index in [2.05, 4.69) is 20.8 Å². The molecular formula is C11H23NO. The topological polar surface area (TPSA) is 20.3 Å². The molecule has 78 valence electrons. The summed E-state index contributed by atoms with van der Waals surface area (Å²) in [6, 6.07) is 0. The Morgan fingerprint density at radius 2 is 1.92 bits per heavy atom. The second-order valence-electron chi connectivity index (χ2n) is 4.13. The van der Waals surface area contributed by atoms with E-state index in [-0.39, 0.29) is 0 Å². The molecule has 13 heavy (non-hydrogen) atoms. The van der Waals surface area contributed by atoms with Crippen LogP contribution in [0.25, 0.3) is 0 Å². The predicted octanol–water partition coefficient (Wildman–Crippen LogP) is 2.68. The Hall–Kier alpha value is -0.530. The first-order valence-electron chi connectivity index (χ1n) is 5.31. The molecule has 0 spiro atoms. The van der Waals surface area contributed by atoms with Crippen molar-refractivity contribution in [1.29, 1.82) is 0 Å². The first kappa shape index (κ1) is 12.5. The summed E-state index contributed by atoms with van der Waals surface area (Å²) in [6.07, 6.45) is 4.11. The predicted molar refractivity (Wildman–Crippen MR) is 56.6 cm³/mol. The van der Waals surface area contributed by atoms with Crippen LogP contribution in [0.3, 0.4) is 0 Å². The maximum Gasteiger partial charge on any atom is 0.222 e. The molecule has 0 bridgehead atoms. The summed E-state index contributed by atoms with van der Waals surface area (Å²) in [7, 11) is 1.90. The standard InChI is InChI=1S/C11H23NO/c1-5-6-7-8-11(13)12(4)9-10(2)3/h10H,5-9H2,1-4H3. The van der Waals surface area contributed by atoms with E-state index >= 15 is 0 Å². The van der Waals surface area contributed by atoms with Crippen LogP contribution in [-0.2, 0) is 4.79 Å². The molecule has 0 rings (SSSR count). The van der Waals surface area contributed by atoms with Gasteiger partial charge in [0.25, 0.3) is 0 Å². The van der Waals surface area contributed by atoms with Crippen molar-refractivity contribution in [2.45, 2.75) is 46.5 Å². The third kappa shape index (κ3) is 6.62. The van der Waals surface area contributed by atoms with Crippen LogP contribution in [0.2, 0.25) is 0 Å². The molecule has 1 amide bonds. The molecular weight excluding hydrogens is 162 g/mol. The molecule has 0 aliphatic carbocycles. The smallest absolute Gasteiger partial charge is 0.222 e. The van der Waals surface area contributed by atoms with Gasteiger partial charge in [-0.3, -0.25) is 4.79 Å². The number of carbonyl (C=O) groups excluding carboxylic acids is 1. The van der Waals surface area contributed by atoms with Crippen molar-refractivity contribution in [3.8, 4) is 0 Å². The van der Waals surface area contributed by atoms with Crippen LogP contribution in [0.5, 0.6) is 0 Å². The molecule has 0 saturated heterocycles. The average molecular weight is 185 g/mol. The Bertz CT molecular complexity index is 143. The first-order chi connectivity index (χ1) is 6.07. The van der Waals surface area contributed by atoms with Crippen molar-refractivity contribution in [3.05, 3.63) is 0 Å². The van der Waals surface area contributed by atoms with Crippen LogP contribution in [-0.4, -0.2) is 24.4 Å². The van der Waals surface area contributed by atoms with Crippen LogP contribution in [0.15, 0.2) is 0 Å². The molecule has 2 nitrogen and oxygen atoms in total. The Morgan fingerprint density at radius 1 is 1.31 bits per heavy atom. The number of carbonyl (C=O) groups is 1. The summed E-state index contributed by atoms with van der Waals surface area (Å²) >= 11 is 0. The Morgan fingerprint density at radius 3 is 2.38 bits per heavy atom. The molecule has 0 N–H and O–H groups in total. The van der Waals surface area contributed by atoms with E-state index in [1.807, 2.05) is 11.9 Å². The maximum absolute atomic E-state index is 11.5. The van der Waals surface area contributed by atoms with E-state index in [9.17, 15) is 4.79 Å². The summed E-state index contributed by atoms with van der Waals surface area (Å²) in [5.41, 5.74) is 0. The highest BCUT2D eigenvalue weighted by molar-refractivity contribution is 5.75. The summed E-state index contributed by atoms with van der Waals surface area (Å²) in [5.74, 6) is 0.863. The van der Waals surface area contributed by atoms with Crippen molar-refractivity contribution in [3.63, 3.8) is 0 Å². The van der Waals surface area contributed by atoms with Crippen molar-refractivity contribution < 1.29 is 4.79 Å². The highest BCUT2D eigenvalue weighted by Gasteiger charge is 2.08. The second kappa shape index (κ2) is 6.93. The van der Waals surface area contributed by atoms with Gasteiger partial charge in [0, 0.05) is 20.0 Å². The monoisotopic (exact) mass is 185 g/mol. The van der Waals surface area contributed by atoms with Gasteiger partial charge in [0.2, 0.25) is 5.91 Å². The van der Waals surface area contributed by atoms with Crippen LogP contribution in [0.4, 0.5) is 0 Å². The fraction of sp³-hybridized carbons (Fsp3) is 0.909. The van der Waals surface area contributed by atoms with Gasteiger partial charge in [0.1, 0.15) is 0 Å². The largest absolute Gasteiger partial charge is 0.346 e. The van der Waals surface area contributed by atoms with Crippen molar-refractivity contribution in [2.24, 2.45) is 5.92 Å². The molecule has 2 heteroatoms. The second-order valence-corrected chi connectivity index (χ2v) is 4.13. The van der Waals surface area contributed by atoms with Gasteiger partial charge in [0.05, 0.1) is 0 Å². The van der Waals surface area contributed by atoms with E-state index < -0.39 is 0 Å². The van der Waals surface area contributed by atoms with E-state index in [1.54, 1.807) is 0 Å². The van der Waals surface area contributed by atoms with Crippen molar-refractivity contribution >= 4 is 5.91 Å². The van der Waals surface area contributed by atoms with E-state index in [4.69, 9.17) is 0 Å². The van der Waals surface area contributed by atoms with E-state index in [0.29, 0.717) is 11.8 Å². The fourth-order valence-electron chi connectivity index (χ4n) is 1.37. The van der Waals surface area contributed by atoms with Gasteiger partial charge in [-0.1, -0.05) is 33.6 Å². The zero-order valence-electron chi connectivity index (χ0n) is 9.47. The quantitative estimate of drug-likeness (QED) is 0.583. The SMILES string of the molecule is CCCCCC(=O)N(C)CC(C)C. The molecule has 0 aromatic carbocycles. The van der Waals surface area contributed by atoms with Crippen molar-refractivity contribution in [2.75, 3.05) is 13.6 Å². The van der Waals surface area contributed by atoms with Crippen molar-refractivity contribution in [1.82, 2.24) is 4.90 Å². The van der Waals surface area contributed by atoms with Crippen LogP contribution in [0.1, 0.15) is 46.5 Å². The molecule has 0 aliphatic rings. The number of unbranched alkanes of at least 4 members (excludes halogenated alkanes) is 2. The van der Waals surface area contributed by atoms with Gasteiger partial charge < -0.3 is 4.90 Å². The third-order valence-corrected chi connectivity index (χ3v) is 2.06. The summed E-state index contributed by atoms with van der Waals surface area (Å²) in [6.45, 7) is 7.30. The van der Waals surface area contributed by atoms with Gasteiger partial charge in [-0.05, 0) is 12.3 Å². The Kier molecular flexibility index (Phi) is 6.65. The Labute approximate surface area is 82.3 Å². The molecule has 0 aromatic rings. The number of hydrogen-bond donors (Lipinski definition) is 0. The Balaban J connectivity index is 3.57. The van der Waals surface area contributed by atoms with Gasteiger partial charge in [-0.2, -0.15) is 0 Å². The molecule has 0 aromatic heterocycles. The van der Waals surface area contributed by atoms with Crippen LogP contribution in [0, 0.1) is 5.92 Å². The normalized spacial score (nSPS) is 10.5. The first-order valence-corrected chi connectivity index (χ1v) is 5.31.